The number of pyridine rings is 1. The molecule has 0 amide bonds. The minimum absolute atomic E-state index is 0.00460. The highest BCUT2D eigenvalue weighted by Crippen LogP contribution is 2.42. The zero-order valence-electron chi connectivity index (χ0n) is 15.7. The van der Waals surface area contributed by atoms with Crippen molar-refractivity contribution in [1.29, 1.82) is 0 Å². The van der Waals surface area contributed by atoms with Crippen LogP contribution in [-0.2, 0) is 19.0 Å². The van der Waals surface area contributed by atoms with Crippen molar-refractivity contribution < 1.29 is 13.2 Å². The lowest BCUT2D eigenvalue weighted by Gasteiger charge is -2.22. The number of aromatic amines is 2. The summed E-state index contributed by atoms with van der Waals surface area (Å²) >= 11 is 0. The molecular weight excluding hydrogens is 379 g/mol. The van der Waals surface area contributed by atoms with E-state index < -0.39 is 11.9 Å². The number of alkyl halides is 3. The molecule has 0 fully saturated rings. The summed E-state index contributed by atoms with van der Waals surface area (Å²) in [7, 11) is 0. The van der Waals surface area contributed by atoms with E-state index in [0.29, 0.717) is 17.6 Å². The van der Waals surface area contributed by atoms with Crippen LogP contribution in [0.2, 0.25) is 0 Å². The molecule has 29 heavy (non-hydrogen) atoms. The molecule has 4 aromatic rings. The fourth-order valence-corrected chi connectivity index (χ4v) is 4.35. The molecule has 8 heteroatoms. The van der Waals surface area contributed by atoms with Crippen LogP contribution >= 0.6 is 0 Å². The van der Waals surface area contributed by atoms with Gasteiger partial charge in [0.1, 0.15) is 0 Å². The Morgan fingerprint density at radius 2 is 1.83 bits per heavy atom. The van der Waals surface area contributed by atoms with Crippen LogP contribution in [0.25, 0.3) is 38.6 Å². The molecule has 3 heterocycles. The molecule has 2 N–H and O–H groups in total. The molecule has 0 bridgehead atoms. The SMILES string of the molecule is C=C(C)c1n[nH]c2ccc3nc(-c4c[nH]nc4C(F)(F)F)c4c(c3c12)CCCC4. The number of allylic oxidation sites excluding steroid dienone is 1. The summed E-state index contributed by atoms with van der Waals surface area (Å²) in [4.78, 5) is 4.70. The Morgan fingerprint density at radius 3 is 2.55 bits per heavy atom. The minimum atomic E-state index is -4.55. The minimum Gasteiger partial charge on any atom is -0.284 e. The number of H-pyrrole nitrogens is 2. The molecule has 3 aromatic heterocycles. The van der Waals surface area contributed by atoms with Crippen LogP contribution in [0.3, 0.4) is 0 Å². The number of benzene rings is 1. The molecule has 0 aliphatic heterocycles. The van der Waals surface area contributed by atoms with Gasteiger partial charge in [-0.2, -0.15) is 23.4 Å². The number of rotatable bonds is 2. The topological polar surface area (TPSA) is 70.2 Å². The van der Waals surface area contributed by atoms with Gasteiger partial charge in [0.15, 0.2) is 5.69 Å². The Kier molecular flexibility index (Phi) is 3.81. The van der Waals surface area contributed by atoms with Gasteiger partial charge < -0.3 is 0 Å². The van der Waals surface area contributed by atoms with Crippen LogP contribution in [0.15, 0.2) is 24.9 Å². The van der Waals surface area contributed by atoms with Crippen molar-refractivity contribution in [1.82, 2.24) is 25.4 Å². The zero-order chi connectivity index (χ0) is 20.3. The fourth-order valence-electron chi connectivity index (χ4n) is 4.35. The van der Waals surface area contributed by atoms with Crippen LogP contribution in [0.5, 0.6) is 0 Å². The smallest absolute Gasteiger partial charge is 0.284 e. The number of fused-ring (bicyclic) bond motifs is 5. The highest BCUT2D eigenvalue weighted by atomic mass is 19.4. The highest BCUT2D eigenvalue weighted by Gasteiger charge is 2.38. The molecule has 0 saturated heterocycles. The van der Waals surface area contributed by atoms with Crippen molar-refractivity contribution in [2.24, 2.45) is 0 Å². The summed E-state index contributed by atoms with van der Waals surface area (Å²) in [5.41, 5.74) is 4.50. The number of nitrogens with zero attached hydrogens (tertiary/aromatic N) is 3. The summed E-state index contributed by atoms with van der Waals surface area (Å²) in [6, 6.07) is 3.70. The first-order valence-electron chi connectivity index (χ1n) is 9.46. The van der Waals surface area contributed by atoms with Gasteiger partial charge in [-0.05, 0) is 61.4 Å². The van der Waals surface area contributed by atoms with Gasteiger partial charge in [0.25, 0.3) is 0 Å². The third-order valence-corrected chi connectivity index (χ3v) is 5.56. The second-order valence-corrected chi connectivity index (χ2v) is 7.50. The van der Waals surface area contributed by atoms with E-state index in [1.54, 1.807) is 0 Å². The van der Waals surface area contributed by atoms with Crippen LogP contribution in [0.1, 0.15) is 42.3 Å². The number of aromatic nitrogens is 5. The van der Waals surface area contributed by atoms with E-state index >= 15 is 0 Å². The first kappa shape index (κ1) is 17.9. The lowest BCUT2D eigenvalue weighted by molar-refractivity contribution is -0.140. The molecule has 0 spiro atoms. The predicted molar refractivity (Wildman–Crippen MR) is 105 cm³/mol. The molecule has 1 aliphatic rings. The average Bonchev–Trinajstić information content (AvgIpc) is 3.34. The molecule has 148 valence electrons. The monoisotopic (exact) mass is 397 g/mol. The summed E-state index contributed by atoms with van der Waals surface area (Å²) in [5.74, 6) is 0. The number of hydrogen-bond acceptors (Lipinski definition) is 3. The van der Waals surface area contributed by atoms with Crippen molar-refractivity contribution in [2.45, 2.75) is 38.8 Å². The Morgan fingerprint density at radius 1 is 1.07 bits per heavy atom. The fraction of sp³-hybridized carbons (Fsp3) is 0.286. The molecule has 1 aliphatic carbocycles. The van der Waals surface area contributed by atoms with E-state index in [0.717, 1.165) is 57.9 Å². The number of nitrogens with one attached hydrogen (secondary N) is 2. The Labute approximate surface area is 164 Å². The lowest BCUT2D eigenvalue weighted by Crippen LogP contribution is -2.11. The van der Waals surface area contributed by atoms with Crippen LogP contribution in [0.4, 0.5) is 13.2 Å². The maximum Gasteiger partial charge on any atom is 0.435 e. The quantitative estimate of drug-likeness (QED) is 0.474. The van der Waals surface area contributed by atoms with E-state index in [1.165, 1.54) is 6.20 Å². The number of hydrogen-bond donors (Lipinski definition) is 2. The Balaban J connectivity index is 1.90. The molecule has 0 unspecified atom stereocenters. The van der Waals surface area contributed by atoms with Gasteiger partial charge in [0.05, 0.1) is 28.0 Å². The maximum atomic E-state index is 13.5. The first-order valence-corrected chi connectivity index (χ1v) is 9.46. The average molecular weight is 397 g/mol. The molecule has 0 saturated carbocycles. The molecule has 0 atom stereocenters. The number of halogens is 3. The second kappa shape index (κ2) is 6.17. The van der Waals surface area contributed by atoms with Gasteiger partial charge >= 0.3 is 6.18 Å². The maximum absolute atomic E-state index is 13.5. The summed E-state index contributed by atoms with van der Waals surface area (Å²) < 4.78 is 40.5. The first-order chi connectivity index (χ1) is 13.9. The molecule has 5 nitrogen and oxygen atoms in total. The lowest BCUT2D eigenvalue weighted by atomic mass is 9.85. The predicted octanol–water partition coefficient (Wildman–Crippen LogP) is 5.43. The molecular formula is C21H18F3N5. The molecule has 5 rings (SSSR count). The van der Waals surface area contributed by atoms with Gasteiger partial charge in [-0.1, -0.05) is 6.58 Å². The van der Waals surface area contributed by atoms with Gasteiger partial charge in [0.2, 0.25) is 0 Å². The highest BCUT2D eigenvalue weighted by molar-refractivity contribution is 6.11. The number of aryl methyl sites for hydroxylation is 1. The van der Waals surface area contributed by atoms with Gasteiger partial charge in [-0.25, -0.2) is 4.98 Å². The zero-order valence-corrected chi connectivity index (χ0v) is 15.7. The third-order valence-electron chi connectivity index (χ3n) is 5.56. The van der Waals surface area contributed by atoms with Crippen molar-refractivity contribution in [3.8, 4) is 11.3 Å². The summed E-state index contributed by atoms with van der Waals surface area (Å²) in [6.07, 6.45) is 0.130. The largest absolute Gasteiger partial charge is 0.435 e. The standard InChI is InChI=1S/C21H18F3N5/c1-10(2)18-17-15(27-28-18)8-7-14-16(17)11-5-3-4-6-12(11)19(26-14)13-9-25-29-20(13)21(22,23)24/h7-9H,1,3-6H2,2H3,(H,25,29)(H,27,28). The third kappa shape index (κ3) is 2.66. The van der Waals surface area contributed by atoms with Crippen LogP contribution < -0.4 is 0 Å². The van der Waals surface area contributed by atoms with Gasteiger partial charge in [-0.3, -0.25) is 10.2 Å². The van der Waals surface area contributed by atoms with Crippen molar-refractivity contribution in [2.75, 3.05) is 0 Å². The van der Waals surface area contributed by atoms with E-state index in [4.69, 9.17) is 4.98 Å². The van der Waals surface area contributed by atoms with E-state index in [-0.39, 0.29) is 5.56 Å². The summed E-state index contributed by atoms with van der Waals surface area (Å²) in [6.45, 7) is 5.92. The van der Waals surface area contributed by atoms with Gasteiger partial charge in [-0.15, -0.1) is 0 Å². The van der Waals surface area contributed by atoms with Crippen LogP contribution in [0, 0.1) is 0 Å². The molecule has 0 radical (unpaired) electrons. The Bertz CT molecular complexity index is 1280. The van der Waals surface area contributed by atoms with E-state index in [2.05, 4.69) is 27.0 Å². The summed E-state index contributed by atoms with van der Waals surface area (Å²) in [5, 5.41) is 15.2. The second-order valence-electron chi connectivity index (χ2n) is 7.50. The van der Waals surface area contributed by atoms with Crippen molar-refractivity contribution in [3.63, 3.8) is 0 Å². The van der Waals surface area contributed by atoms with E-state index in [1.807, 2.05) is 19.1 Å². The normalized spacial score (nSPS) is 14.5. The van der Waals surface area contributed by atoms with Crippen LogP contribution in [-0.4, -0.2) is 25.4 Å². The van der Waals surface area contributed by atoms with E-state index in [9.17, 15) is 13.2 Å². The Hall–Kier alpha value is -3.16. The van der Waals surface area contributed by atoms with Gasteiger partial charge in [0, 0.05) is 17.0 Å². The molecule has 1 aromatic carbocycles. The van der Waals surface area contributed by atoms with Crippen molar-refractivity contribution in [3.05, 3.63) is 47.4 Å². The van der Waals surface area contributed by atoms with Crippen molar-refractivity contribution >= 4 is 27.4 Å².